The first-order chi connectivity index (χ1) is 26.3. The molecule has 1 saturated carbocycles. The molecule has 0 aromatic carbocycles. The van der Waals surface area contributed by atoms with Gasteiger partial charge in [-0.05, 0) is 25.7 Å². The second-order valence-electron chi connectivity index (χ2n) is 14.8. The monoisotopic (exact) mass is 815 g/mol. The van der Waals surface area contributed by atoms with Gasteiger partial charge in [0.2, 0.25) is 11.8 Å². The van der Waals surface area contributed by atoms with Crippen molar-refractivity contribution in [2.75, 3.05) is 26.3 Å². The molecule has 56 heavy (non-hydrogen) atoms. The van der Waals surface area contributed by atoms with Gasteiger partial charge in [-0.25, -0.2) is 4.79 Å². The summed E-state index contributed by atoms with van der Waals surface area (Å²) < 4.78 is 35.1. The van der Waals surface area contributed by atoms with Gasteiger partial charge >= 0.3 is 5.97 Å². The number of nitrogens with two attached hydrogens (primary N) is 1. The third-order valence-electron chi connectivity index (χ3n) is 10.7. The number of carboxylic acid groups (broad SMARTS) is 1. The molecule has 4 fully saturated rings. The quantitative estimate of drug-likeness (QED) is 0.0730. The normalized spacial score (nSPS) is 44.4. The molecular weight excluding hydrogens is 758 g/mol. The number of ether oxygens (including phenoxy) is 6. The van der Waals surface area contributed by atoms with Crippen LogP contribution in [0.4, 0.5) is 0 Å². The van der Waals surface area contributed by atoms with Crippen molar-refractivity contribution in [2.45, 2.75) is 150 Å². The number of nitrogens with one attached hydrogen (secondary N) is 2. The van der Waals surface area contributed by atoms with Gasteiger partial charge in [-0.1, -0.05) is 6.92 Å². The fraction of sp³-hybridized carbons (Fsp3) is 0.909. The van der Waals surface area contributed by atoms with Gasteiger partial charge in [0, 0.05) is 32.4 Å². The van der Waals surface area contributed by atoms with Gasteiger partial charge in [0.05, 0.1) is 43.7 Å². The van der Waals surface area contributed by atoms with Crippen molar-refractivity contribution < 1.29 is 99.0 Å². The predicted molar refractivity (Wildman–Crippen MR) is 181 cm³/mol. The Kier molecular flexibility index (Phi) is 16.3. The first-order valence-electron chi connectivity index (χ1n) is 18.4. The van der Waals surface area contributed by atoms with Crippen molar-refractivity contribution in [1.82, 2.24) is 10.6 Å². The minimum absolute atomic E-state index is 0.120. The van der Waals surface area contributed by atoms with Gasteiger partial charge in [0.15, 0.2) is 12.6 Å². The van der Waals surface area contributed by atoms with Crippen LogP contribution in [0.3, 0.4) is 0 Å². The van der Waals surface area contributed by atoms with Crippen LogP contribution in [0, 0.1) is 11.8 Å². The van der Waals surface area contributed by atoms with Gasteiger partial charge in [0.1, 0.15) is 61.0 Å². The van der Waals surface area contributed by atoms with Crippen LogP contribution < -0.4 is 16.4 Å². The molecule has 3 heterocycles. The van der Waals surface area contributed by atoms with E-state index in [4.69, 9.17) is 34.2 Å². The summed E-state index contributed by atoms with van der Waals surface area (Å²) >= 11 is 0. The van der Waals surface area contributed by atoms with Gasteiger partial charge in [-0.15, -0.1) is 0 Å². The number of aliphatic carboxylic acids is 1. The summed E-state index contributed by atoms with van der Waals surface area (Å²) in [5.41, 5.74) is 5.55. The van der Waals surface area contributed by atoms with E-state index in [0.29, 0.717) is 0 Å². The molecule has 0 radical (unpaired) electrons. The molecular formula is C33H57N3O20. The van der Waals surface area contributed by atoms with Gasteiger partial charge in [0.25, 0.3) is 5.79 Å². The molecule has 3 saturated heterocycles. The zero-order valence-corrected chi connectivity index (χ0v) is 31.1. The molecule has 0 spiro atoms. The number of hydrogen-bond donors (Lipinski definition) is 14. The number of rotatable bonds is 15. The van der Waals surface area contributed by atoms with E-state index < -0.39 is 159 Å². The summed E-state index contributed by atoms with van der Waals surface area (Å²) in [4.78, 5) is 37.9. The highest BCUT2D eigenvalue weighted by Gasteiger charge is 2.60. The topological polar surface area (TPSA) is 379 Å². The highest BCUT2D eigenvalue weighted by molar-refractivity contribution is 5.79. The Morgan fingerprint density at radius 2 is 1.55 bits per heavy atom. The number of carbonyl (C=O) groups excluding carboxylic acids is 2. The summed E-state index contributed by atoms with van der Waals surface area (Å²) in [5.74, 6) is -7.43. The highest BCUT2D eigenvalue weighted by atomic mass is 16.8. The summed E-state index contributed by atoms with van der Waals surface area (Å²) in [6.45, 7) is 2.48. The van der Waals surface area contributed by atoms with Crippen LogP contribution in [0.1, 0.15) is 40.0 Å². The lowest BCUT2D eigenvalue weighted by Gasteiger charge is -2.50. The highest BCUT2D eigenvalue weighted by Crippen LogP contribution is 2.40. The van der Waals surface area contributed by atoms with E-state index in [9.17, 15) is 70.6 Å². The standard InChI is InChI=1S/C33H57N3O20/c1-11-6-14(29(48)35-5-4-34)7-17(26(11)54-30-24(46)23(45)20(42)12(2)51-30)52-31-25(47)28(22(44)18(10-38)53-31)56-33(32(49)50)8-15(40)19(36-13(3)39)27(55-33)21(43)16(41)9-37/h11-12,14-28,30-31,37-38,40-47H,4-10,34H2,1-3H3,(H,35,48)(H,36,39)(H,49,50)/t11?,12?,14?,15?,16-,17?,18?,19?,20?,21-,22?,23?,24?,25?,26?,27?,28?,30?,31?,33?/m1/s1. The van der Waals surface area contributed by atoms with E-state index in [2.05, 4.69) is 10.6 Å². The van der Waals surface area contributed by atoms with Crippen LogP contribution in [0.15, 0.2) is 0 Å². The molecule has 20 atom stereocenters. The Bertz CT molecular complexity index is 1320. The van der Waals surface area contributed by atoms with Crippen LogP contribution in [0.2, 0.25) is 0 Å². The summed E-state index contributed by atoms with van der Waals surface area (Å²) in [6, 6.07) is -1.55. The van der Waals surface area contributed by atoms with Crippen molar-refractivity contribution in [3.05, 3.63) is 0 Å². The van der Waals surface area contributed by atoms with E-state index in [1.807, 2.05) is 0 Å². The Hall–Kier alpha value is -2.27. The van der Waals surface area contributed by atoms with Crippen LogP contribution >= 0.6 is 0 Å². The van der Waals surface area contributed by atoms with E-state index in [1.165, 1.54) is 6.92 Å². The fourth-order valence-electron chi connectivity index (χ4n) is 7.59. The number of aliphatic hydroxyl groups excluding tert-OH is 10. The molecule has 0 aromatic rings. The number of aliphatic hydroxyl groups is 10. The molecule has 23 nitrogen and oxygen atoms in total. The van der Waals surface area contributed by atoms with E-state index in [-0.39, 0.29) is 25.9 Å². The van der Waals surface area contributed by atoms with Crippen LogP contribution in [-0.2, 0) is 42.8 Å². The average Bonchev–Trinajstić information content (AvgIpc) is 3.15. The molecule has 1 aliphatic carbocycles. The third kappa shape index (κ3) is 10.1. The minimum atomic E-state index is -3.03. The van der Waals surface area contributed by atoms with Crippen LogP contribution in [0.5, 0.6) is 0 Å². The maximum absolute atomic E-state index is 13.1. The fourth-order valence-corrected chi connectivity index (χ4v) is 7.59. The smallest absolute Gasteiger partial charge is 0.364 e. The van der Waals surface area contributed by atoms with Gasteiger partial charge < -0.3 is 101 Å². The third-order valence-corrected chi connectivity index (χ3v) is 10.7. The zero-order valence-electron chi connectivity index (χ0n) is 31.1. The molecule has 4 aliphatic rings. The average molecular weight is 816 g/mol. The molecule has 18 unspecified atom stereocenters. The lowest BCUT2D eigenvalue weighted by atomic mass is 9.77. The Labute approximate surface area is 321 Å². The second kappa shape index (κ2) is 19.7. The van der Waals surface area contributed by atoms with E-state index >= 15 is 0 Å². The van der Waals surface area contributed by atoms with Crippen molar-refractivity contribution >= 4 is 17.8 Å². The largest absolute Gasteiger partial charge is 0.477 e. The molecule has 15 N–H and O–H groups in total. The Morgan fingerprint density at radius 3 is 2.14 bits per heavy atom. The Morgan fingerprint density at radius 1 is 0.893 bits per heavy atom. The Balaban J connectivity index is 1.66. The molecule has 4 rings (SSSR count). The van der Waals surface area contributed by atoms with Crippen molar-refractivity contribution in [2.24, 2.45) is 17.6 Å². The molecule has 2 amide bonds. The zero-order chi connectivity index (χ0) is 41.8. The van der Waals surface area contributed by atoms with Gasteiger partial charge in [-0.2, -0.15) is 0 Å². The number of carboxylic acids is 1. The lowest BCUT2D eigenvalue weighted by Crippen LogP contribution is -2.70. The van der Waals surface area contributed by atoms with Crippen LogP contribution in [-0.4, -0.2) is 210 Å². The summed E-state index contributed by atoms with van der Waals surface area (Å²) in [6.07, 6.45) is -28.2. The first-order valence-corrected chi connectivity index (χ1v) is 18.4. The molecule has 0 bridgehead atoms. The maximum atomic E-state index is 13.1. The lowest BCUT2D eigenvalue weighted by molar-refractivity contribution is -0.379. The number of hydrogen-bond acceptors (Lipinski definition) is 20. The maximum Gasteiger partial charge on any atom is 0.364 e. The summed E-state index contributed by atoms with van der Waals surface area (Å²) in [5, 5.41) is 121. The van der Waals surface area contributed by atoms with E-state index in [0.717, 1.165) is 6.92 Å². The molecule has 3 aliphatic heterocycles. The van der Waals surface area contributed by atoms with Crippen LogP contribution in [0.25, 0.3) is 0 Å². The van der Waals surface area contributed by atoms with Gasteiger partial charge in [-0.3, -0.25) is 9.59 Å². The summed E-state index contributed by atoms with van der Waals surface area (Å²) in [7, 11) is 0. The number of amides is 2. The van der Waals surface area contributed by atoms with Crippen molar-refractivity contribution in [1.29, 1.82) is 0 Å². The van der Waals surface area contributed by atoms with E-state index in [1.54, 1.807) is 6.92 Å². The SMILES string of the molecule is CC(=O)NC1C(O)CC(OC2C(O)C(CO)OC(OC3CC(C(=O)NCCN)CC(C)C3OC3OC(C)C(O)C(O)C3O)C2O)(C(=O)O)OC1[C@H](O)[C@H](O)CO. The molecule has 0 aromatic heterocycles. The first kappa shape index (κ1) is 46.4. The predicted octanol–water partition coefficient (Wildman–Crippen LogP) is -7.32. The molecule has 23 heteroatoms. The van der Waals surface area contributed by atoms with Crippen molar-refractivity contribution in [3.63, 3.8) is 0 Å². The molecule has 324 valence electrons. The second-order valence-corrected chi connectivity index (χ2v) is 14.8. The minimum Gasteiger partial charge on any atom is -0.477 e. The van der Waals surface area contributed by atoms with Crippen molar-refractivity contribution in [3.8, 4) is 0 Å². The number of carbonyl (C=O) groups is 3.